The second-order valence-corrected chi connectivity index (χ2v) is 6.89. The normalized spacial score (nSPS) is 25.6. The molecule has 1 rings (SSSR count). The SMILES string of the molecule is CC1CCN(S(=O)(=O)C(C)C)CCC1=O. The molecule has 0 radical (unpaired) electrons. The predicted octanol–water partition coefficient (Wildman–Crippen LogP) is 1.03. The molecule has 1 saturated heterocycles. The van der Waals surface area contributed by atoms with Crippen molar-refractivity contribution in [1.29, 1.82) is 0 Å². The van der Waals surface area contributed by atoms with Crippen molar-refractivity contribution < 1.29 is 13.2 Å². The minimum Gasteiger partial charge on any atom is -0.299 e. The largest absolute Gasteiger partial charge is 0.299 e. The lowest BCUT2D eigenvalue weighted by molar-refractivity contribution is -0.121. The van der Waals surface area contributed by atoms with Gasteiger partial charge in [0.05, 0.1) is 5.25 Å². The van der Waals surface area contributed by atoms with Crippen molar-refractivity contribution >= 4 is 15.8 Å². The van der Waals surface area contributed by atoms with Gasteiger partial charge in [0, 0.05) is 25.4 Å². The van der Waals surface area contributed by atoms with Crippen LogP contribution in [0.2, 0.25) is 0 Å². The van der Waals surface area contributed by atoms with E-state index in [9.17, 15) is 13.2 Å². The Morgan fingerprint density at radius 2 is 1.93 bits per heavy atom. The second-order valence-electron chi connectivity index (χ2n) is 4.40. The van der Waals surface area contributed by atoms with Crippen molar-refractivity contribution in [2.75, 3.05) is 13.1 Å². The predicted molar refractivity (Wildman–Crippen MR) is 59.0 cm³/mol. The molecule has 0 aliphatic carbocycles. The summed E-state index contributed by atoms with van der Waals surface area (Å²) < 4.78 is 25.2. The topological polar surface area (TPSA) is 54.5 Å². The van der Waals surface area contributed by atoms with Crippen LogP contribution in [0, 0.1) is 5.92 Å². The van der Waals surface area contributed by atoms with Crippen LogP contribution in [0.25, 0.3) is 0 Å². The van der Waals surface area contributed by atoms with E-state index in [1.54, 1.807) is 13.8 Å². The first-order chi connectivity index (χ1) is 6.85. The number of Topliss-reactive ketones (excluding diaryl/α,β-unsaturated/α-hetero) is 1. The zero-order valence-electron chi connectivity index (χ0n) is 9.56. The van der Waals surface area contributed by atoms with Crippen LogP contribution in [0.1, 0.15) is 33.6 Å². The third kappa shape index (κ3) is 2.78. The van der Waals surface area contributed by atoms with E-state index in [1.165, 1.54) is 4.31 Å². The van der Waals surface area contributed by atoms with E-state index in [1.807, 2.05) is 6.92 Å². The molecule has 88 valence electrons. The van der Waals surface area contributed by atoms with E-state index in [4.69, 9.17) is 0 Å². The molecule has 0 bridgehead atoms. The Hall–Kier alpha value is -0.420. The number of sulfonamides is 1. The van der Waals surface area contributed by atoms with Gasteiger partial charge in [0.2, 0.25) is 10.0 Å². The summed E-state index contributed by atoms with van der Waals surface area (Å²) in [4.78, 5) is 11.4. The Kier molecular flexibility index (Phi) is 3.89. The summed E-state index contributed by atoms with van der Waals surface area (Å²) in [5, 5.41) is -0.402. The van der Waals surface area contributed by atoms with Gasteiger partial charge in [0.25, 0.3) is 0 Å². The van der Waals surface area contributed by atoms with Gasteiger partial charge in [-0.05, 0) is 20.3 Å². The highest BCUT2D eigenvalue weighted by Gasteiger charge is 2.29. The first kappa shape index (κ1) is 12.6. The Bertz CT molecular complexity index is 335. The zero-order chi connectivity index (χ0) is 11.6. The fourth-order valence-electron chi connectivity index (χ4n) is 1.64. The van der Waals surface area contributed by atoms with Crippen LogP contribution in [-0.4, -0.2) is 36.8 Å². The van der Waals surface area contributed by atoms with Crippen LogP contribution in [-0.2, 0) is 14.8 Å². The fourth-order valence-corrected chi connectivity index (χ4v) is 2.95. The summed E-state index contributed by atoms with van der Waals surface area (Å²) in [5.41, 5.74) is 0. The molecule has 1 aliphatic rings. The minimum absolute atomic E-state index is 0.00244. The van der Waals surface area contributed by atoms with Crippen molar-refractivity contribution in [2.45, 2.75) is 38.9 Å². The van der Waals surface area contributed by atoms with Crippen LogP contribution in [0.4, 0.5) is 0 Å². The smallest absolute Gasteiger partial charge is 0.216 e. The van der Waals surface area contributed by atoms with Gasteiger partial charge in [0.1, 0.15) is 5.78 Å². The van der Waals surface area contributed by atoms with Gasteiger partial charge in [-0.1, -0.05) is 6.92 Å². The Morgan fingerprint density at radius 3 is 2.47 bits per heavy atom. The summed E-state index contributed by atoms with van der Waals surface area (Å²) in [5.74, 6) is 0.175. The van der Waals surface area contributed by atoms with Crippen LogP contribution in [0.15, 0.2) is 0 Å². The van der Waals surface area contributed by atoms with Gasteiger partial charge in [-0.15, -0.1) is 0 Å². The van der Waals surface area contributed by atoms with Gasteiger partial charge < -0.3 is 0 Å². The molecule has 1 heterocycles. The molecule has 15 heavy (non-hydrogen) atoms. The van der Waals surface area contributed by atoms with Gasteiger partial charge in [-0.25, -0.2) is 12.7 Å². The van der Waals surface area contributed by atoms with Gasteiger partial charge in [0.15, 0.2) is 0 Å². The highest BCUT2D eigenvalue weighted by molar-refractivity contribution is 7.89. The fraction of sp³-hybridized carbons (Fsp3) is 0.900. The van der Waals surface area contributed by atoms with Gasteiger partial charge in [-0.3, -0.25) is 4.79 Å². The van der Waals surface area contributed by atoms with Crippen molar-refractivity contribution in [3.8, 4) is 0 Å². The van der Waals surface area contributed by atoms with E-state index in [2.05, 4.69) is 0 Å². The van der Waals surface area contributed by atoms with Crippen LogP contribution >= 0.6 is 0 Å². The van der Waals surface area contributed by atoms with Crippen LogP contribution < -0.4 is 0 Å². The Balaban J connectivity index is 2.78. The number of nitrogens with zero attached hydrogens (tertiary/aromatic N) is 1. The standard InChI is InChI=1S/C10H19NO3S/c1-8(2)15(13,14)11-6-4-9(3)10(12)5-7-11/h8-9H,4-7H2,1-3H3. The Morgan fingerprint density at radius 1 is 1.33 bits per heavy atom. The number of hydrogen-bond donors (Lipinski definition) is 0. The maximum atomic E-state index is 11.9. The summed E-state index contributed by atoms with van der Waals surface area (Å²) in [6, 6.07) is 0. The number of rotatable bonds is 2. The molecule has 0 aromatic heterocycles. The summed E-state index contributed by atoms with van der Waals surface area (Å²) in [7, 11) is -3.19. The molecule has 5 heteroatoms. The molecule has 0 amide bonds. The van der Waals surface area contributed by atoms with E-state index >= 15 is 0 Å². The zero-order valence-corrected chi connectivity index (χ0v) is 10.4. The van der Waals surface area contributed by atoms with E-state index in [0.717, 1.165) is 0 Å². The van der Waals surface area contributed by atoms with Crippen LogP contribution in [0.3, 0.4) is 0 Å². The number of hydrogen-bond acceptors (Lipinski definition) is 3. The Labute approximate surface area is 91.7 Å². The van der Waals surface area contributed by atoms with Crippen molar-refractivity contribution in [3.05, 3.63) is 0 Å². The van der Waals surface area contributed by atoms with Crippen molar-refractivity contribution in [2.24, 2.45) is 5.92 Å². The second kappa shape index (κ2) is 4.61. The molecule has 0 aromatic rings. The molecule has 1 fully saturated rings. The van der Waals surface area contributed by atoms with Crippen molar-refractivity contribution in [1.82, 2.24) is 4.31 Å². The molecular weight excluding hydrogens is 214 g/mol. The third-order valence-corrected chi connectivity index (χ3v) is 5.20. The minimum atomic E-state index is -3.19. The molecule has 1 unspecified atom stereocenters. The molecule has 0 saturated carbocycles. The maximum Gasteiger partial charge on any atom is 0.216 e. The average Bonchev–Trinajstić information content (AvgIpc) is 2.30. The molecule has 1 aliphatic heterocycles. The van der Waals surface area contributed by atoms with Gasteiger partial charge >= 0.3 is 0 Å². The lowest BCUT2D eigenvalue weighted by atomic mass is 10.0. The van der Waals surface area contributed by atoms with E-state index in [-0.39, 0.29) is 11.7 Å². The highest BCUT2D eigenvalue weighted by Crippen LogP contribution is 2.18. The molecule has 0 spiro atoms. The molecular formula is C10H19NO3S. The number of ketones is 1. The van der Waals surface area contributed by atoms with Crippen LogP contribution in [0.5, 0.6) is 0 Å². The summed E-state index contributed by atoms with van der Waals surface area (Å²) in [6.45, 7) is 6.04. The quantitative estimate of drug-likeness (QED) is 0.715. The van der Waals surface area contributed by atoms with E-state index < -0.39 is 15.3 Å². The lowest BCUT2D eigenvalue weighted by Crippen LogP contribution is -2.37. The lowest BCUT2D eigenvalue weighted by Gasteiger charge is -2.21. The first-order valence-electron chi connectivity index (χ1n) is 5.37. The first-order valence-corrected chi connectivity index (χ1v) is 6.87. The molecule has 1 atom stereocenters. The summed E-state index contributed by atoms with van der Waals surface area (Å²) in [6.07, 6.45) is 0.998. The van der Waals surface area contributed by atoms with Gasteiger partial charge in [-0.2, -0.15) is 0 Å². The molecule has 4 nitrogen and oxygen atoms in total. The maximum absolute atomic E-state index is 11.9. The monoisotopic (exact) mass is 233 g/mol. The van der Waals surface area contributed by atoms with Crippen molar-refractivity contribution in [3.63, 3.8) is 0 Å². The van der Waals surface area contributed by atoms with E-state index in [0.29, 0.717) is 25.9 Å². The molecule has 0 aromatic carbocycles. The number of carbonyl (C=O) groups is 1. The summed E-state index contributed by atoms with van der Waals surface area (Å²) >= 11 is 0. The number of carbonyl (C=O) groups excluding carboxylic acids is 1. The third-order valence-electron chi connectivity index (χ3n) is 2.92. The molecule has 0 N–H and O–H groups in total. The average molecular weight is 233 g/mol. The highest BCUT2D eigenvalue weighted by atomic mass is 32.2.